The van der Waals surface area contributed by atoms with Gasteiger partial charge in [-0.1, -0.05) is 24.6 Å². The molecular formula is C12H17ClN2O3. The summed E-state index contributed by atoms with van der Waals surface area (Å²) in [6.07, 6.45) is -0.421. The molecule has 3 N–H and O–H groups in total. The maximum absolute atomic E-state index is 11.0. The third-order valence-electron chi connectivity index (χ3n) is 3.35. The SMILES string of the molecule is CC(O)C(C)(CN)Cc1c(Cl)cccc1[N+](=O)[O-]. The molecule has 0 aromatic heterocycles. The zero-order chi connectivity index (χ0) is 13.9. The summed E-state index contributed by atoms with van der Waals surface area (Å²) >= 11 is 6.01. The van der Waals surface area contributed by atoms with E-state index < -0.39 is 16.4 Å². The van der Waals surface area contributed by atoms with Crippen LogP contribution in [0.15, 0.2) is 18.2 Å². The molecule has 0 aliphatic heterocycles. The molecule has 0 bridgehead atoms. The Labute approximate surface area is 111 Å². The lowest BCUT2D eigenvalue weighted by Gasteiger charge is -2.31. The molecule has 1 rings (SSSR count). The quantitative estimate of drug-likeness (QED) is 0.635. The van der Waals surface area contributed by atoms with Crippen molar-refractivity contribution in [1.82, 2.24) is 0 Å². The van der Waals surface area contributed by atoms with Crippen molar-refractivity contribution in [3.8, 4) is 0 Å². The predicted octanol–water partition coefficient (Wildman–Crippen LogP) is 2.14. The second-order valence-electron chi connectivity index (χ2n) is 4.71. The Balaban J connectivity index is 3.21. The average molecular weight is 273 g/mol. The third kappa shape index (κ3) is 2.98. The Morgan fingerprint density at radius 3 is 2.67 bits per heavy atom. The van der Waals surface area contributed by atoms with Gasteiger partial charge in [-0.15, -0.1) is 0 Å². The first-order valence-corrected chi connectivity index (χ1v) is 5.99. The fourth-order valence-electron chi connectivity index (χ4n) is 1.69. The van der Waals surface area contributed by atoms with E-state index in [4.69, 9.17) is 17.3 Å². The lowest BCUT2D eigenvalue weighted by atomic mass is 9.79. The van der Waals surface area contributed by atoms with Gasteiger partial charge < -0.3 is 10.8 Å². The zero-order valence-corrected chi connectivity index (χ0v) is 11.1. The van der Waals surface area contributed by atoms with Crippen LogP contribution in [0.1, 0.15) is 19.4 Å². The first kappa shape index (κ1) is 14.9. The van der Waals surface area contributed by atoms with Crippen LogP contribution in [-0.2, 0) is 6.42 Å². The lowest BCUT2D eigenvalue weighted by molar-refractivity contribution is -0.385. The predicted molar refractivity (Wildman–Crippen MR) is 70.7 cm³/mol. The molecule has 18 heavy (non-hydrogen) atoms. The molecule has 6 heteroatoms. The summed E-state index contributed by atoms with van der Waals surface area (Å²) in [5, 5.41) is 21.1. The smallest absolute Gasteiger partial charge is 0.274 e. The van der Waals surface area contributed by atoms with E-state index in [2.05, 4.69) is 0 Å². The van der Waals surface area contributed by atoms with Crippen LogP contribution in [0.4, 0.5) is 5.69 Å². The van der Waals surface area contributed by atoms with E-state index in [-0.39, 0.29) is 18.7 Å². The van der Waals surface area contributed by atoms with Gasteiger partial charge in [0.15, 0.2) is 0 Å². The zero-order valence-electron chi connectivity index (χ0n) is 10.4. The van der Waals surface area contributed by atoms with Gasteiger partial charge in [0.05, 0.1) is 16.0 Å². The number of rotatable bonds is 5. The summed E-state index contributed by atoms with van der Waals surface area (Å²) in [4.78, 5) is 10.5. The van der Waals surface area contributed by atoms with Crippen molar-refractivity contribution in [2.75, 3.05) is 6.54 Å². The fourth-order valence-corrected chi connectivity index (χ4v) is 1.92. The highest BCUT2D eigenvalue weighted by atomic mass is 35.5. The number of aliphatic hydroxyl groups excluding tert-OH is 1. The molecule has 2 atom stereocenters. The van der Waals surface area contributed by atoms with Crippen LogP contribution in [0.3, 0.4) is 0 Å². The van der Waals surface area contributed by atoms with E-state index in [1.54, 1.807) is 19.9 Å². The first-order valence-electron chi connectivity index (χ1n) is 5.61. The van der Waals surface area contributed by atoms with E-state index >= 15 is 0 Å². The number of nitro groups is 1. The minimum Gasteiger partial charge on any atom is -0.393 e. The van der Waals surface area contributed by atoms with Gasteiger partial charge in [0.1, 0.15) is 0 Å². The van der Waals surface area contributed by atoms with Crippen LogP contribution in [0, 0.1) is 15.5 Å². The van der Waals surface area contributed by atoms with Crippen molar-refractivity contribution >= 4 is 17.3 Å². The first-order chi connectivity index (χ1) is 8.31. The van der Waals surface area contributed by atoms with Gasteiger partial charge in [0, 0.05) is 23.6 Å². The van der Waals surface area contributed by atoms with Gasteiger partial charge >= 0.3 is 0 Å². The maximum atomic E-state index is 11.0. The average Bonchev–Trinajstić information content (AvgIpc) is 2.30. The van der Waals surface area contributed by atoms with Crippen LogP contribution in [0.5, 0.6) is 0 Å². The lowest BCUT2D eigenvalue weighted by Crippen LogP contribution is -2.39. The molecular weight excluding hydrogens is 256 g/mol. The van der Waals surface area contributed by atoms with Gasteiger partial charge in [0.2, 0.25) is 0 Å². The van der Waals surface area contributed by atoms with Gasteiger partial charge in [-0.05, 0) is 19.4 Å². The second kappa shape index (κ2) is 5.65. The van der Waals surface area contributed by atoms with Crippen LogP contribution < -0.4 is 5.73 Å². The summed E-state index contributed by atoms with van der Waals surface area (Å²) in [6, 6.07) is 4.54. The van der Waals surface area contributed by atoms with Crippen molar-refractivity contribution in [2.45, 2.75) is 26.4 Å². The minimum atomic E-state index is -0.682. The van der Waals surface area contributed by atoms with Crippen LogP contribution in [-0.4, -0.2) is 22.7 Å². The third-order valence-corrected chi connectivity index (χ3v) is 3.70. The van der Waals surface area contributed by atoms with Crippen molar-refractivity contribution in [2.24, 2.45) is 11.1 Å². The van der Waals surface area contributed by atoms with Gasteiger partial charge in [-0.2, -0.15) is 0 Å². The van der Waals surface area contributed by atoms with E-state index in [1.165, 1.54) is 12.1 Å². The fraction of sp³-hybridized carbons (Fsp3) is 0.500. The molecule has 0 heterocycles. The number of benzene rings is 1. The molecule has 1 aromatic rings. The number of nitro benzene ring substituents is 1. The molecule has 0 radical (unpaired) electrons. The maximum Gasteiger partial charge on any atom is 0.274 e. The number of hydrogen-bond acceptors (Lipinski definition) is 4. The Kier molecular flexibility index (Phi) is 4.67. The van der Waals surface area contributed by atoms with Gasteiger partial charge in [0.25, 0.3) is 5.69 Å². The van der Waals surface area contributed by atoms with E-state index in [9.17, 15) is 15.2 Å². The molecule has 0 aliphatic rings. The standard InChI is InChI=1S/C12H17ClN2O3/c1-8(16)12(2,7-14)6-9-10(13)4-3-5-11(9)15(17)18/h3-5,8,16H,6-7,14H2,1-2H3. The van der Waals surface area contributed by atoms with Crippen molar-refractivity contribution in [3.05, 3.63) is 38.9 Å². The monoisotopic (exact) mass is 272 g/mol. The number of hydrogen-bond donors (Lipinski definition) is 2. The van der Waals surface area contributed by atoms with Gasteiger partial charge in [-0.3, -0.25) is 10.1 Å². The van der Waals surface area contributed by atoms with Crippen LogP contribution in [0.25, 0.3) is 0 Å². The van der Waals surface area contributed by atoms with Crippen molar-refractivity contribution in [3.63, 3.8) is 0 Å². The molecule has 2 unspecified atom stereocenters. The molecule has 0 amide bonds. The minimum absolute atomic E-state index is 0.0391. The van der Waals surface area contributed by atoms with Crippen LogP contribution in [0.2, 0.25) is 5.02 Å². The number of halogens is 1. The molecule has 0 spiro atoms. The highest BCUT2D eigenvalue weighted by molar-refractivity contribution is 6.31. The summed E-state index contributed by atoms with van der Waals surface area (Å²) in [7, 11) is 0. The molecule has 0 fully saturated rings. The highest BCUT2D eigenvalue weighted by Crippen LogP contribution is 2.34. The summed E-state index contributed by atoms with van der Waals surface area (Å²) < 4.78 is 0. The Morgan fingerprint density at radius 2 is 2.22 bits per heavy atom. The molecule has 0 saturated heterocycles. The second-order valence-corrected chi connectivity index (χ2v) is 5.11. The largest absolute Gasteiger partial charge is 0.393 e. The molecule has 0 saturated carbocycles. The van der Waals surface area contributed by atoms with E-state index in [0.29, 0.717) is 10.6 Å². The Morgan fingerprint density at radius 1 is 1.61 bits per heavy atom. The molecule has 5 nitrogen and oxygen atoms in total. The van der Waals surface area contributed by atoms with E-state index in [0.717, 1.165) is 0 Å². The van der Waals surface area contributed by atoms with Crippen LogP contribution >= 0.6 is 11.6 Å². The Hall–Kier alpha value is -1.17. The summed E-state index contributed by atoms with van der Waals surface area (Å²) in [5.41, 5.74) is 5.39. The number of nitrogens with two attached hydrogens (primary N) is 1. The Bertz CT molecular complexity index is 451. The number of nitrogens with zero attached hydrogens (tertiary/aromatic N) is 1. The molecule has 0 aliphatic carbocycles. The number of aliphatic hydroxyl groups is 1. The highest BCUT2D eigenvalue weighted by Gasteiger charge is 2.32. The summed E-state index contributed by atoms with van der Waals surface area (Å²) in [6.45, 7) is 3.62. The van der Waals surface area contributed by atoms with Crippen molar-refractivity contribution < 1.29 is 10.0 Å². The molecule has 1 aromatic carbocycles. The topological polar surface area (TPSA) is 89.4 Å². The normalized spacial score (nSPS) is 16.1. The molecule has 100 valence electrons. The van der Waals surface area contributed by atoms with E-state index in [1.807, 2.05) is 0 Å². The van der Waals surface area contributed by atoms with Crippen molar-refractivity contribution in [1.29, 1.82) is 0 Å². The van der Waals surface area contributed by atoms with Gasteiger partial charge in [-0.25, -0.2) is 0 Å². The summed E-state index contributed by atoms with van der Waals surface area (Å²) in [5.74, 6) is 0.